The fraction of sp³-hybridized carbons (Fsp3) is 0.190. The van der Waals surface area contributed by atoms with Crippen LogP contribution in [-0.4, -0.2) is 41.4 Å². The quantitative estimate of drug-likeness (QED) is 0.610. The van der Waals surface area contributed by atoms with Gasteiger partial charge in [-0.2, -0.15) is 5.10 Å². The number of hydrogen-bond acceptors (Lipinski definition) is 5. The number of nitrogens with zero attached hydrogens (tertiary/aromatic N) is 3. The smallest absolute Gasteiger partial charge is 0.244 e. The Labute approximate surface area is 163 Å². The molecule has 0 fully saturated rings. The van der Waals surface area contributed by atoms with Crippen molar-refractivity contribution in [3.8, 4) is 22.9 Å². The maximum atomic E-state index is 12.0. The zero-order valence-electron chi connectivity index (χ0n) is 15.8. The summed E-state index contributed by atoms with van der Waals surface area (Å²) in [5.74, 6) is 1.09. The van der Waals surface area contributed by atoms with E-state index in [0.29, 0.717) is 24.6 Å². The highest BCUT2D eigenvalue weighted by Crippen LogP contribution is 2.27. The maximum Gasteiger partial charge on any atom is 0.244 e. The molecule has 3 aromatic rings. The predicted octanol–water partition coefficient (Wildman–Crippen LogP) is 2.79. The minimum Gasteiger partial charge on any atom is -0.493 e. The second-order valence-electron chi connectivity index (χ2n) is 5.92. The molecule has 3 rings (SSSR count). The molecule has 7 nitrogen and oxygen atoms in total. The normalized spacial score (nSPS) is 10.8. The summed E-state index contributed by atoms with van der Waals surface area (Å²) in [7, 11) is 3.16. The number of ether oxygens (including phenoxy) is 2. The topological polar surface area (TPSA) is 78.3 Å². The SMILES string of the molecule is COc1ccc(C=CC(=O)NCCn2ccc(-c3ccccn3)n2)cc1OC. The van der Waals surface area contributed by atoms with Crippen LogP contribution in [0.5, 0.6) is 11.5 Å². The van der Waals surface area contributed by atoms with Gasteiger partial charge in [0.25, 0.3) is 0 Å². The van der Waals surface area contributed by atoms with Crippen LogP contribution in [0.1, 0.15) is 5.56 Å². The minimum atomic E-state index is -0.174. The number of carbonyl (C=O) groups is 1. The van der Waals surface area contributed by atoms with Crippen molar-refractivity contribution in [2.75, 3.05) is 20.8 Å². The van der Waals surface area contributed by atoms with Gasteiger partial charge in [0.1, 0.15) is 5.69 Å². The van der Waals surface area contributed by atoms with Crippen LogP contribution in [0.15, 0.2) is 60.9 Å². The van der Waals surface area contributed by atoms with Gasteiger partial charge in [0, 0.05) is 25.0 Å². The summed E-state index contributed by atoms with van der Waals surface area (Å²) >= 11 is 0. The summed E-state index contributed by atoms with van der Waals surface area (Å²) in [5.41, 5.74) is 2.48. The van der Waals surface area contributed by atoms with Crippen LogP contribution in [0.2, 0.25) is 0 Å². The number of nitrogens with one attached hydrogen (secondary N) is 1. The average Bonchev–Trinajstić information content (AvgIpc) is 3.21. The lowest BCUT2D eigenvalue weighted by atomic mass is 10.2. The molecule has 1 aromatic carbocycles. The molecule has 0 spiro atoms. The molecule has 0 bridgehead atoms. The van der Waals surface area contributed by atoms with Gasteiger partial charge in [-0.3, -0.25) is 14.5 Å². The summed E-state index contributed by atoms with van der Waals surface area (Å²) in [6, 6.07) is 13.1. The molecule has 2 heterocycles. The third-order valence-electron chi connectivity index (χ3n) is 4.04. The summed E-state index contributed by atoms with van der Waals surface area (Å²) in [4.78, 5) is 16.3. The number of hydrogen-bond donors (Lipinski definition) is 1. The van der Waals surface area contributed by atoms with Crippen LogP contribution in [0, 0.1) is 0 Å². The Bertz CT molecular complexity index is 951. The Kier molecular flexibility index (Phi) is 6.41. The van der Waals surface area contributed by atoms with E-state index in [2.05, 4.69) is 15.4 Å². The van der Waals surface area contributed by atoms with Crippen LogP contribution in [-0.2, 0) is 11.3 Å². The first kappa shape index (κ1) is 19.2. The van der Waals surface area contributed by atoms with E-state index in [1.807, 2.05) is 42.6 Å². The van der Waals surface area contributed by atoms with Crippen molar-refractivity contribution in [3.05, 3.63) is 66.5 Å². The van der Waals surface area contributed by atoms with Gasteiger partial charge in [0.05, 0.1) is 26.5 Å². The van der Waals surface area contributed by atoms with E-state index in [-0.39, 0.29) is 5.91 Å². The first-order chi connectivity index (χ1) is 13.7. The molecule has 0 saturated carbocycles. The summed E-state index contributed by atoms with van der Waals surface area (Å²) in [6.45, 7) is 1.04. The molecule has 0 unspecified atom stereocenters. The molecule has 0 aliphatic heterocycles. The van der Waals surface area contributed by atoms with E-state index >= 15 is 0 Å². The van der Waals surface area contributed by atoms with E-state index in [1.165, 1.54) is 6.08 Å². The van der Waals surface area contributed by atoms with Gasteiger partial charge in [0.2, 0.25) is 5.91 Å². The average molecular weight is 378 g/mol. The fourth-order valence-corrected chi connectivity index (χ4v) is 2.62. The lowest BCUT2D eigenvalue weighted by Gasteiger charge is -2.07. The van der Waals surface area contributed by atoms with E-state index in [1.54, 1.807) is 37.2 Å². The molecule has 1 N–H and O–H groups in total. The van der Waals surface area contributed by atoms with Crippen molar-refractivity contribution < 1.29 is 14.3 Å². The van der Waals surface area contributed by atoms with E-state index in [4.69, 9.17) is 9.47 Å². The maximum absolute atomic E-state index is 12.0. The van der Waals surface area contributed by atoms with E-state index in [0.717, 1.165) is 17.0 Å². The number of aromatic nitrogens is 3. The lowest BCUT2D eigenvalue weighted by Crippen LogP contribution is -2.25. The number of pyridine rings is 1. The van der Waals surface area contributed by atoms with Gasteiger partial charge in [0.15, 0.2) is 11.5 Å². The standard InChI is InChI=1S/C21H22N4O3/c1-27-19-8-6-16(15-20(19)28-2)7-9-21(26)23-12-14-25-13-10-18(24-25)17-5-3-4-11-22-17/h3-11,13,15H,12,14H2,1-2H3,(H,23,26). The highest BCUT2D eigenvalue weighted by molar-refractivity contribution is 5.91. The Morgan fingerprint density at radius 3 is 2.71 bits per heavy atom. The van der Waals surface area contributed by atoms with E-state index in [9.17, 15) is 4.79 Å². The largest absolute Gasteiger partial charge is 0.493 e. The lowest BCUT2D eigenvalue weighted by molar-refractivity contribution is -0.116. The van der Waals surface area contributed by atoms with Gasteiger partial charge in [-0.15, -0.1) is 0 Å². The highest BCUT2D eigenvalue weighted by Gasteiger charge is 2.04. The molecule has 0 aliphatic carbocycles. The van der Waals surface area contributed by atoms with Crippen LogP contribution in [0.4, 0.5) is 0 Å². The Morgan fingerprint density at radius 2 is 1.96 bits per heavy atom. The highest BCUT2D eigenvalue weighted by atomic mass is 16.5. The number of rotatable bonds is 8. The van der Waals surface area contributed by atoms with Crippen molar-refractivity contribution in [3.63, 3.8) is 0 Å². The molecular weight excluding hydrogens is 356 g/mol. The van der Waals surface area contributed by atoms with Gasteiger partial charge >= 0.3 is 0 Å². The molecule has 0 radical (unpaired) electrons. The van der Waals surface area contributed by atoms with Crippen molar-refractivity contribution >= 4 is 12.0 Å². The summed E-state index contributed by atoms with van der Waals surface area (Å²) in [5, 5.41) is 7.31. The van der Waals surface area contributed by atoms with Crippen molar-refractivity contribution in [2.45, 2.75) is 6.54 Å². The minimum absolute atomic E-state index is 0.174. The molecular formula is C21H22N4O3. The van der Waals surface area contributed by atoms with Crippen LogP contribution < -0.4 is 14.8 Å². The van der Waals surface area contributed by atoms with Crippen LogP contribution in [0.25, 0.3) is 17.5 Å². The Balaban J connectivity index is 1.50. The number of amides is 1. The van der Waals surface area contributed by atoms with Gasteiger partial charge in [-0.1, -0.05) is 12.1 Å². The molecule has 144 valence electrons. The number of methoxy groups -OCH3 is 2. The molecule has 0 aliphatic rings. The second kappa shape index (κ2) is 9.36. The zero-order chi connectivity index (χ0) is 19.8. The molecule has 28 heavy (non-hydrogen) atoms. The molecule has 0 saturated heterocycles. The predicted molar refractivity (Wildman–Crippen MR) is 107 cm³/mol. The third kappa shape index (κ3) is 4.97. The molecule has 1 amide bonds. The molecule has 0 atom stereocenters. The Morgan fingerprint density at radius 1 is 1.11 bits per heavy atom. The molecule has 2 aromatic heterocycles. The first-order valence-electron chi connectivity index (χ1n) is 8.82. The van der Waals surface area contributed by atoms with E-state index < -0.39 is 0 Å². The van der Waals surface area contributed by atoms with Crippen molar-refractivity contribution in [1.29, 1.82) is 0 Å². The fourth-order valence-electron chi connectivity index (χ4n) is 2.62. The first-order valence-corrected chi connectivity index (χ1v) is 8.82. The van der Waals surface area contributed by atoms with Crippen LogP contribution >= 0.6 is 0 Å². The number of benzene rings is 1. The monoisotopic (exact) mass is 378 g/mol. The third-order valence-corrected chi connectivity index (χ3v) is 4.04. The molecule has 7 heteroatoms. The summed E-state index contributed by atoms with van der Waals surface area (Å²) in [6.07, 6.45) is 6.82. The van der Waals surface area contributed by atoms with Gasteiger partial charge in [-0.05, 0) is 42.0 Å². The zero-order valence-corrected chi connectivity index (χ0v) is 15.8. The second-order valence-corrected chi connectivity index (χ2v) is 5.92. The van der Waals surface area contributed by atoms with Crippen LogP contribution in [0.3, 0.4) is 0 Å². The Hall–Kier alpha value is -3.61. The van der Waals surface area contributed by atoms with Crippen molar-refractivity contribution in [1.82, 2.24) is 20.1 Å². The summed E-state index contributed by atoms with van der Waals surface area (Å²) < 4.78 is 12.2. The van der Waals surface area contributed by atoms with Gasteiger partial charge in [-0.25, -0.2) is 0 Å². The number of carbonyl (C=O) groups excluding carboxylic acids is 1. The van der Waals surface area contributed by atoms with Gasteiger partial charge < -0.3 is 14.8 Å². The van der Waals surface area contributed by atoms with Crippen molar-refractivity contribution in [2.24, 2.45) is 0 Å².